The number of nitrogens with zero attached hydrogens (tertiary/aromatic N) is 2. The number of rotatable bonds is 2. The highest BCUT2D eigenvalue weighted by Gasteiger charge is 2.40. The molecular weight excluding hydrogens is 360 g/mol. The molecule has 5 nitrogen and oxygen atoms in total. The van der Waals surface area contributed by atoms with Crippen LogP contribution in [0.1, 0.15) is 46.8 Å². The van der Waals surface area contributed by atoms with Crippen molar-refractivity contribution in [2.45, 2.75) is 44.3 Å². The summed E-state index contributed by atoms with van der Waals surface area (Å²) >= 11 is 1.74. The zero-order valence-corrected chi connectivity index (χ0v) is 16.8. The summed E-state index contributed by atoms with van der Waals surface area (Å²) in [6.07, 6.45) is 2.60. The first kappa shape index (κ1) is 18.2. The van der Waals surface area contributed by atoms with Gasteiger partial charge in [-0.15, -0.1) is 11.8 Å². The third-order valence-corrected chi connectivity index (χ3v) is 6.78. The molecule has 1 aromatic carbocycles. The van der Waals surface area contributed by atoms with Crippen LogP contribution in [-0.4, -0.2) is 27.1 Å². The van der Waals surface area contributed by atoms with E-state index in [0.29, 0.717) is 18.4 Å². The van der Waals surface area contributed by atoms with Crippen LogP contribution in [0.2, 0.25) is 0 Å². The van der Waals surface area contributed by atoms with Gasteiger partial charge in [0.15, 0.2) is 17.3 Å². The molecule has 0 radical (unpaired) electrons. The summed E-state index contributed by atoms with van der Waals surface area (Å²) < 4.78 is 1.79. The SMILES string of the molecule is Cc1cc(C(=O)C2C(=O)CC(C)CC2=O)c(C)c2c1SCc1cn(C)nc1-2. The summed E-state index contributed by atoms with van der Waals surface area (Å²) in [5.74, 6) is -1.11. The highest BCUT2D eigenvalue weighted by Crippen LogP contribution is 2.45. The van der Waals surface area contributed by atoms with Crippen molar-refractivity contribution in [3.05, 3.63) is 34.5 Å². The van der Waals surface area contributed by atoms with Crippen LogP contribution in [0.25, 0.3) is 11.3 Å². The summed E-state index contributed by atoms with van der Waals surface area (Å²) in [6, 6.07) is 1.84. The molecule has 27 heavy (non-hydrogen) atoms. The number of hydrogen-bond acceptors (Lipinski definition) is 5. The van der Waals surface area contributed by atoms with Crippen LogP contribution in [0.5, 0.6) is 0 Å². The third kappa shape index (κ3) is 2.87. The predicted octanol–water partition coefficient (Wildman–Crippen LogP) is 3.68. The maximum Gasteiger partial charge on any atom is 0.181 e. The smallest absolute Gasteiger partial charge is 0.181 e. The van der Waals surface area contributed by atoms with Gasteiger partial charge in [0.2, 0.25) is 0 Å². The molecule has 6 heteroatoms. The number of Topliss-reactive ketones (excluding diaryl/α,β-unsaturated/α-hetero) is 3. The normalized spacial score (nSPS) is 21.8. The fourth-order valence-electron chi connectivity index (χ4n) is 4.25. The van der Waals surface area contributed by atoms with Crippen LogP contribution in [-0.2, 0) is 22.4 Å². The molecule has 0 atom stereocenters. The average Bonchev–Trinajstić information content (AvgIpc) is 2.96. The van der Waals surface area contributed by atoms with Crippen molar-refractivity contribution in [1.82, 2.24) is 9.78 Å². The van der Waals surface area contributed by atoms with Crippen molar-refractivity contribution in [3.8, 4) is 11.3 Å². The number of hydrogen-bond donors (Lipinski definition) is 0. The molecular formula is C21H22N2O3S. The molecule has 1 aromatic heterocycles. The van der Waals surface area contributed by atoms with Gasteiger partial charge in [0.05, 0.1) is 5.69 Å². The molecule has 1 aliphatic heterocycles. The summed E-state index contributed by atoms with van der Waals surface area (Å²) in [5.41, 5.74) is 5.29. The molecule has 140 valence electrons. The van der Waals surface area contributed by atoms with E-state index in [1.165, 1.54) is 0 Å². The lowest BCUT2D eigenvalue weighted by molar-refractivity contribution is -0.134. The minimum Gasteiger partial charge on any atom is -0.298 e. The van der Waals surface area contributed by atoms with Crippen molar-refractivity contribution >= 4 is 29.1 Å². The first-order valence-electron chi connectivity index (χ1n) is 9.17. The van der Waals surface area contributed by atoms with E-state index in [1.807, 2.05) is 40.1 Å². The Kier molecular flexibility index (Phi) is 4.34. The zero-order valence-electron chi connectivity index (χ0n) is 16.0. The topological polar surface area (TPSA) is 69.0 Å². The Labute approximate surface area is 162 Å². The number of aromatic nitrogens is 2. The van der Waals surface area contributed by atoms with Crippen LogP contribution in [0.4, 0.5) is 0 Å². The summed E-state index contributed by atoms with van der Waals surface area (Å²) in [6.45, 7) is 5.75. The molecule has 2 aliphatic rings. The van der Waals surface area contributed by atoms with Crippen molar-refractivity contribution in [1.29, 1.82) is 0 Å². The first-order valence-corrected chi connectivity index (χ1v) is 10.2. The molecule has 0 amide bonds. The second-order valence-electron chi connectivity index (χ2n) is 7.78. The second-order valence-corrected chi connectivity index (χ2v) is 8.76. The van der Waals surface area contributed by atoms with E-state index in [4.69, 9.17) is 0 Å². The largest absolute Gasteiger partial charge is 0.298 e. The predicted molar refractivity (Wildman–Crippen MR) is 104 cm³/mol. The van der Waals surface area contributed by atoms with Crippen molar-refractivity contribution < 1.29 is 14.4 Å². The van der Waals surface area contributed by atoms with Crippen LogP contribution in [0.3, 0.4) is 0 Å². The standard InChI is InChI=1S/C21H22N2O3S/c1-10-5-15(24)18(16(25)6-10)20(26)14-7-11(2)21-17(12(14)3)19-13(9-27-21)8-23(4)22-19/h7-8,10,18H,5-6,9H2,1-4H3. The van der Waals surface area contributed by atoms with Crippen LogP contribution >= 0.6 is 11.8 Å². The second kappa shape index (κ2) is 6.44. The molecule has 1 fully saturated rings. The van der Waals surface area contributed by atoms with Gasteiger partial charge in [0, 0.05) is 53.4 Å². The molecule has 1 saturated carbocycles. The maximum absolute atomic E-state index is 13.2. The Balaban J connectivity index is 1.84. The minimum absolute atomic E-state index is 0.0212. The van der Waals surface area contributed by atoms with E-state index in [9.17, 15) is 14.4 Å². The summed E-state index contributed by atoms with van der Waals surface area (Å²) in [5, 5.41) is 4.61. The van der Waals surface area contributed by atoms with Gasteiger partial charge in [0.25, 0.3) is 0 Å². The number of fused-ring (bicyclic) bond motifs is 3. The number of carbonyl (C=O) groups excluding carboxylic acids is 3. The molecule has 2 aromatic rings. The molecule has 0 unspecified atom stereocenters. The van der Waals surface area contributed by atoms with E-state index in [0.717, 1.165) is 38.6 Å². The molecule has 4 rings (SSSR count). The van der Waals surface area contributed by atoms with E-state index < -0.39 is 5.92 Å². The van der Waals surface area contributed by atoms with Crippen LogP contribution in [0, 0.1) is 25.7 Å². The number of ketones is 3. The molecule has 1 aliphatic carbocycles. The Morgan fingerprint density at radius 3 is 2.56 bits per heavy atom. The molecule has 0 N–H and O–H groups in total. The van der Waals surface area contributed by atoms with Gasteiger partial charge in [-0.2, -0.15) is 5.10 Å². The number of benzene rings is 1. The van der Waals surface area contributed by atoms with E-state index in [1.54, 1.807) is 16.4 Å². The minimum atomic E-state index is -1.14. The summed E-state index contributed by atoms with van der Waals surface area (Å²) in [4.78, 5) is 39.3. The highest BCUT2D eigenvalue weighted by molar-refractivity contribution is 7.98. The van der Waals surface area contributed by atoms with E-state index in [2.05, 4.69) is 5.10 Å². The lowest BCUT2D eigenvalue weighted by Gasteiger charge is -2.25. The van der Waals surface area contributed by atoms with Crippen molar-refractivity contribution in [3.63, 3.8) is 0 Å². The van der Waals surface area contributed by atoms with Gasteiger partial charge in [-0.05, 0) is 37.0 Å². The Hall–Kier alpha value is -2.21. The van der Waals surface area contributed by atoms with Gasteiger partial charge < -0.3 is 0 Å². The van der Waals surface area contributed by atoms with E-state index >= 15 is 0 Å². The van der Waals surface area contributed by atoms with Crippen LogP contribution < -0.4 is 0 Å². The molecule has 2 heterocycles. The Morgan fingerprint density at radius 2 is 1.89 bits per heavy atom. The Bertz CT molecular complexity index is 987. The first-order chi connectivity index (χ1) is 12.8. The van der Waals surface area contributed by atoms with Gasteiger partial charge >= 0.3 is 0 Å². The maximum atomic E-state index is 13.2. The average molecular weight is 382 g/mol. The molecule has 0 bridgehead atoms. The fourth-order valence-corrected chi connectivity index (χ4v) is 5.44. The number of carbonyl (C=O) groups is 3. The van der Waals surface area contributed by atoms with Gasteiger partial charge in [-0.25, -0.2) is 0 Å². The lowest BCUT2D eigenvalue weighted by atomic mass is 9.76. The summed E-state index contributed by atoms with van der Waals surface area (Å²) in [7, 11) is 1.89. The van der Waals surface area contributed by atoms with Gasteiger partial charge in [0.1, 0.15) is 5.92 Å². The van der Waals surface area contributed by atoms with Crippen molar-refractivity contribution in [2.75, 3.05) is 0 Å². The van der Waals surface area contributed by atoms with Crippen LogP contribution in [0.15, 0.2) is 17.2 Å². The molecule has 0 spiro atoms. The Morgan fingerprint density at radius 1 is 1.22 bits per heavy atom. The van der Waals surface area contributed by atoms with Gasteiger partial charge in [-0.3, -0.25) is 19.1 Å². The third-order valence-electron chi connectivity index (χ3n) is 5.51. The highest BCUT2D eigenvalue weighted by atomic mass is 32.2. The van der Waals surface area contributed by atoms with Gasteiger partial charge in [-0.1, -0.05) is 6.92 Å². The fraction of sp³-hybridized carbons (Fsp3) is 0.429. The van der Waals surface area contributed by atoms with E-state index in [-0.39, 0.29) is 23.3 Å². The number of thioether (sulfide) groups is 1. The monoisotopic (exact) mass is 382 g/mol. The number of aryl methyl sites for hydroxylation is 2. The quantitative estimate of drug-likeness (QED) is 0.585. The lowest BCUT2D eigenvalue weighted by Crippen LogP contribution is -2.38. The molecule has 0 saturated heterocycles. The zero-order chi connectivity index (χ0) is 19.5. The van der Waals surface area contributed by atoms with Crippen molar-refractivity contribution in [2.24, 2.45) is 18.9 Å².